The van der Waals surface area contributed by atoms with Crippen molar-refractivity contribution in [2.45, 2.75) is 13.8 Å². The Bertz CT molecular complexity index is 455. The second kappa shape index (κ2) is 5.72. The van der Waals surface area contributed by atoms with Crippen molar-refractivity contribution >= 4 is 12.0 Å². The van der Waals surface area contributed by atoms with Crippen LogP contribution in [-0.4, -0.2) is 12.6 Å². The zero-order chi connectivity index (χ0) is 12.0. The maximum atomic E-state index is 11.3. The monoisotopic (exact) mass is 215 g/mol. The Morgan fingerprint density at radius 1 is 1.56 bits per heavy atom. The standard InChI is InChI=1S/C13H13NO2/c1-3-16-13(15)10(2)7-11-5-4-6-12(8-11)9-14/h4-8H,3H2,1-2H3. The molecule has 0 fully saturated rings. The number of hydrogen-bond donors (Lipinski definition) is 0. The third kappa shape index (κ3) is 3.25. The lowest BCUT2D eigenvalue weighted by Gasteiger charge is -2.01. The molecule has 1 aromatic carbocycles. The number of benzene rings is 1. The second-order valence-corrected chi connectivity index (χ2v) is 3.29. The minimum absolute atomic E-state index is 0.329. The summed E-state index contributed by atoms with van der Waals surface area (Å²) in [5.41, 5.74) is 1.92. The number of carbonyl (C=O) groups excluding carboxylic acids is 1. The molecule has 1 aromatic rings. The van der Waals surface area contributed by atoms with Crippen LogP contribution in [0.15, 0.2) is 29.8 Å². The average Bonchev–Trinajstić information content (AvgIpc) is 2.29. The molecule has 0 aromatic heterocycles. The summed E-state index contributed by atoms with van der Waals surface area (Å²) in [5.74, 6) is -0.329. The fourth-order valence-electron chi connectivity index (χ4n) is 1.25. The lowest BCUT2D eigenvalue weighted by atomic mass is 10.1. The Balaban J connectivity index is 2.90. The molecular formula is C13H13NO2. The van der Waals surface area contributed by atoms with Gasteiger partial charge in [-0.05, 0) is 37.6 Å². The molecule has 0 spiro atoms. The van der Waals surface area contributed by atoms with Crippen molar-refractivity contribution < 1.29 is 9.53 Å². The van der Waals surface area contributed by atoms with Crippen molar-refractivity contribution in [3.8, 4) is 6.07 Å². The quantitative estimate of drug-likeness (QED) is 0.575. The van der Waals surface area contributed by atoms with E-state index in [0.29, 0.717) is 17.7 Å². The van der Waals surface area contributed by atoms with Crippen molar-refractivity contribution in [3.63, 3.8) is 0 Å². The molecule has 3 heteroatoms. The smallest absolute Gasteiger partial charge is 0.333 e. The molecule has 16 heavy (non-hydrogen) atoms. The molecule has 0 bridgehead atoms. The van der Waals surface area contributed by atoms with E-state index in [4.69, 9.17) is 10.00 Å². The molecule has 0 aliphatic carbocycles. The number of nitriles is 1. The largest absolute Gasteiger partial charge is 0.463 e. The Hall–Kier alpha value is -2.08. The van der Waals surface area contributed by atoms with E-state index >= 15 is 0 Å². The summed E-state index contributed by atoms with van der Waals surface area (Å²) < 4.78 is 4.86. The van der Waals surface area contributed by atoms with E-state index in [1.807, 2.05) is 12.1 Å². The highest BCUT2D eigenvalue weighted by atomic mass is 16.5. The van der Waals surface area contributed by atoms with Crippen LogP contribution in [0.1, 0.15) is 25.0 Å². The first-order valence-electron chi connectivity index (χ1n) is 5.03. The van der Waals surface area contributed by atoms with Gasteiger partial charge in [-0.1, -0.05) is 12.1 Å². The van der Waals surface area contributed by atoms with Crippen LogP contribution in [0.5, 0.6) is 0 Å². The van der Waals surface area contributed by atoms with E-state index in [1.54, 1.807) is 38.1 Å². The Morgan fingerprint density at radius 3 is 2.94 bits per heavy atom. The second-order valence-electron chi connectivity index (χ2n) is 3.29. The number of esters is 1. The maximum Gasteiger partial charge on any atom is 0.333 e. The summed E-state index contributed by atoms with van der Waals surface area (Å²) in [6.07, 6.45) is 1.71. The minimum Gasteiger partial charge on any atom is -0.463 e. The molecule has 0 N–H and O–H groups in total. The van der Waals surface area contributed by atoms with Gasteiger partial charge < -0.3 is 4.74 Å². The predicted molar refractivity (Wildman–Crippen MR) is 61.4 cm³/mol. The van der Waals surface area contributed by atoms with Gasteiger partial charge in [0, 0.05) is 5.57 Å². The highest BCUT2D eigenvalue weighted by molar-refractivity contribution is 5.93. The van der Waals surface area contributed by atoms with Crippen LogP contribution in [-0.2, 0) is 9.53 Å². The van der Waals surface area contributed by atoms with Gasteiger partial charge in [-0.2, -0.15) is 5.26 Å². The van der Waals surface area contributed by atoms with Crippen molar-refractivity contribution in [2.24, 2.45) is 0 Å². The van der Waals surface area contributed by atoms with Gasteiger partial charge in [-0.25, -0.2) is 4.79 Å². The van der Waals surface area contributed by atoms with Crippen LogP contribution < -0.4 is 0 Å². The molecule has 0 heterocycles. The van der Waals surface area contributed by atoms with Crippen molar-refractivity contribution in [2.75, 3.05) is 6.61 Å². The lowest BCUT2D eigenvalue weighted by Crippen LogP contribution is -2.04. The molecule has 0 aliphatic rings. The first kappa shape index (κ1) is 12.0. The Kier molecular flexibility index (Phi) is 4.28. The van der Waals surface area contributed by atoms with Crippen LogP contribution in [0.4, 0.5) is 0 Å². The Morgan fingerprint density at radius 2 is 2.31 bits per heavy atom. The van der Waals surface area contributed by atoms with E-state index in [0.717, 1.165) is 5.56 Å². The molecule has 1 rings (SSSR count). The molecule has 0 unspecified atom stereocenters. The van der Waals surface area contributed by atoms with Gasteiger partial charge in [0.05, 0.1) is 18.2 Å². The summed E-state index contributed by atoms with van der Waals surface area (Å²) in [5, 5.41) is 8.73. The third-order valence-corrected chi connectivity index (χ3v) is 2.00. The molecule has 0 saturated carbocycles. The van der Waals surface area contributed by atoms with Crippen LogP contribution in [0.25, 0.3) is 6.08 Å². The topological polar surface area (TPSA) is 50.1 Å². The molecule has 0 aliphatic heterocycles. The number of rotatable bonds is 3. The van der Waals surface area contributed by atoms with E-state index in [2.05, 4.69) is 0 Å². The number of ether oxygens (including phenoxy) is 1. The first-order chi connectivity index (χ1) is 7.67. The zero-order valence-electron chi connectivity index (χ0n) is 9.36. The van der Waals surface area contributed by atoms with E-state index in [-0.39, 0.29) is 5.97 Å². The van der Waals surface area contributed by atoms with Gasteiger partial charge in [0.25, 0.3) is 0 Å². The lowest BCUT2D eigenvalue weighted by molar-refractivity contribution is -0.138. The van der Waals surface area contributed by atoms with Crippen LogP contribution >= 0.6 is 0 Å². The summed E-state index contributed by atoms with van der Waals surface area (Å²) in [7, 11) is 0. The highest BCUT2D eigenvalue weighted by Crippen LogP contribution is 2.10. The molecular weight excluding hydrogens is 202 g/mol. The zero-order valence-corrected chi connectivity index (χ0v) is 9.36. The normalized spacial score (nSPS) is 10.7. The number of carbonyl (C=O) groups is 1. The van der Waals surface area contributed by atoms with Crippen molar-refractivity contribution in [3.05, 3.63) is 41.0 Å². The fraction of sp³-hybridized carbons (Fsp3) is 0.231. The van der Waals surface area contributed by atoms with Crippen molar-refractivity contribution in [1.82, 2.24) is 0 Å². The van der Waals surface area contributed by atoms with E-state index < -0.39 is 0 Å². The van der Waals surface area contributed by atoms with Crippen LogP contribution in [0.3, 0.4) is 0 Å². The molecule has 0 amide bonds. The number of nitrogens with zero attached hydrogens (tertiary/aromatic N) is 1. The van der Waals surface area contributed by atoms with Gasteiger partial charge >= 0.3 is 5.97 Å². The average molecular weight is 215 g/mol. The summed E-state index contributed by atoms with van der Waals surface area (Å²) in [6, 6.07) is 9.11. The molecule has 0 saturated heterocycles. The first-order valence-corrected chi connectivity index (χ1v) is 5.03. The van der Waals surface area contributed by atoms with Crippen LogP contribution in [0, 0.1) is 11.3 Å². The van der Waals surface area contributed by atoms with Gasteiger partial charge in [-0.15, -0.1) is 0 Å². The summed E-state index contributed by atoms with van der Waals surface area (Å²) in [4.78, 5) is 11.3. The van der Waals surface area contributed by atoms with E-state index in [1.165, 1.54) is 0 Å². The SMILES string of the molecule is CCOC(=O)C(C)=Cc1cccc(C#N)c1. The summed E-state index contributed by atoms with van der Waals surface area (Å²) >= 11 is 0. The molecule has 3 nitrogen and oxygen atoms in total. The van der Waals surface area contributed by atoms with Crippen LogP contribution in [0.2, 0.25) is 0 Å². The van der Waals surface area contributed by atoms with Gasteiger partial charge in [0.15, 0.2) is 0 Å². The fourth-order valence-corrected chi connectivity index (χ4v) is 1.25. The third-order valence-electron chi connectivity index (χ3n) is 2.00. The predicted octanol–water partition coefficient (Wildman–Crippen LogP) is 2.52. The molecule has 0 atom stereocenters. The van der Waals surface area contributed by atoms with Gasteiger partial charge in [0.2, 0.25) is 0 Å². The Labute approximate surface area is 95.0 Å². The highest BCUT2D eigenvalue weighted by Gasteiger charge is 2.04. The molecule has 0 radical (unpaired) electrons. The maximum absolute atomic E-state index is 11.3. The van der Waals surface area contributed by atoms with E-state index in [9.17, 15) is 4.79 Å². The van der Waals surface area contributed by atoms with Gasteiger partial charge in [-0.3, -0.25) is 0 Å². The van der Waals surface area contributed by atoms with Gasteiger partial charge in [0.1, 0.15) is 0 Å². The number of hydrogen-bond acceptors (Lipinski definition) is 3. The summed E-state index contributed by atoms with van der Waals surface area (Å²) in [6.45, 7) is 3.82. The molecule has 82 valence electrons. The minimum atomic E-state index is -0.329. The van der Waals surface area contributed by atoms with Crippen molar-refractivity contribution in [1.29, 1.82) is 5.26 Å².